The highest BCUT2D eigenvalue weighted by molar-refractivity contribution is 5.99. The first-order valence-corrected chi connectivity index (χ1v) is 6.71. The zero-order chi connectivity index (χ0) is 14.0. The average Bonchev–Trinajstić information content (AvgIpc) is 2.32. The van der Waals surface area contributed by atoms with Gasteiger partial charge in [0.05, 0.1) is 0 Å². The molecule has 0 unspecified atom stereocenters. The van der Waals surface area contributed by atoms with Crippen molar-refractivity contribution in [3.63, 3.8) is 0 Å². The second kappa shape index (κ2) is 5.11. The van der Waals surface area contributed by atoms with Crippen molar-refractivity contribution in [2.24, 2.45) is 5.41 Å². The molecule has 1 aliphatic rings. The summed E-state index contributed by atoms with van der Waals surface area (Å²) >= 11 is 0. The molecule has 1 aliphatic carbocycles. The molecule has 1 amide bonds. The summed E-state index contributed by atoms with van der Waals surface area (Å²) in [7, 11) is 0. The summed E-state index contributed by atoms with van der Waals surface area (Å²) in [5, 5.41) is 22.2. The van der Waals surface area contributed by atoms with Crippen LogP contribution < -0.4 is 5.32 Å². The lowest BCUT2D eigenvalue weighted by Crippen LogP contribution is -2.39. The Hall–Kier alpha value is -1.71. The lowest BCUT2D eigenvalue weighted by Gasteiger charge is -2.34. The highest BCUT2D eigenvalue weighted by atomic mass is 16.3. The topological polar surface area (TPSA) is 69.6 Å². The van der Waals surface area contributed by atoms with E-state index in [2.05, 4.69) is 19.2 Å². The first-order valence-electron chi connectivity index (χ1n) is 6.71. The van der Waals surface area contributed by atoms with Crippen LogP contribution in [0.15, 0.2) is 18.2 Å². The maximum absolute atomic E-state index is 12.1. The lowest BCUT2D eigenvalue weighted by molar-refractivity contribution is 0.0903. The first-order chi connectivity index (χ1) is 8.89. The Bertz CT molecular complexity index is 452. The van der Waals surface area contributed by atoms with Gasteiger partial charge in [0.25, 0.3) is 5.91 Å². The maximum atomic E-state index is 12.1. The van der Waals surface area contributed by atoms with Crippen molar-refractivity contribution in [1.82, 2.24) is 5.32 Å². The highest BCUT2D eigenvalue weighted by Crippen LogP contribution is 2.35. The van der Waals surface area contributed by atoms with Crippen LogP contribution in [0.4, 0.5) is 0 Å². The Morgan fingerprint density at radius 1 is 1.21 bits per heavy atom. The second-order valence-electron chi connectivity index (χ2n) is 6.08. The van der Waals surface area contributed by atoms with Gasteiger partial charge in [0, 0.05) is 6.04 Å². The van der Waals surface area contributed by atoms with E-state index in [4.69, 9.17) is 0 Å². The molecule has 1 fully saturated rings. The molecule has 19 heavy (non-hydrogen) atoms. The van der Waals surface area contributed by atoms with Gasteiger partial charge in [0.2, 0.25) is 0 Å². The third-order valence-electron chi connectivity index (χ3n) is 3.92. The van der Waals surface area contributed by atoms with Crippen LogP contribution in [0.5, 0.6) is 11.5 Å². The molecule has 0 spiro atoms. The zero-order valence-corrected chi connectivity index (χ0v) is 11.4. The normalized spacial score (nSPS) is 19.1. The van der Waals surface area contributed by atoms with Crippen molar-refractivity contribution < 1.29 is 15.0 Å². The average molecular weight is 263 g/mol. The van der Waals surface area contributed by atoms with Gasteiger partial charge in [0.1, 0.15) is 17.1 Å². The van der Waals surface area contributed by atoms with Crippen LogP contribution in [0.1, 0.15) is 49.9 Å². The Morgan fingerprint density at radius 3 is 2.26 bits per heavy atom. The molecule has 104 valence electrons. The number of carbonyl (C=O) groups is 1. The lowest BCUT2D eigenvalue weighted by atomic mass is 9.75. The number of aromatic hydroxyl groups is 2. The van der Waals surface area contributed by atoms with E-state index in [9.17, 15) is 15.0 Å². The summed E-state index contributed by atoms with van der Waals surface area (Å²) in [6.07, 6.45) is 4.02. The van der Waals surface area contributed by atoms with Gasteiger partial charge in [-0.25, -0.2) is 0 Å². The molecule has 0 bridgehead atoms. The number of hydrogen-bond acceptors (Lipinski definition) is 3. The number of phenols is 2. The fourth-order valence-electron chi connectivity index (χ4n) is 2.56. The van der Waals surface area contributed by atoms with E-state index < -0.39 is 5.91 Å². The largest absolute Gasteiger partial charge is 0.507 e. The first kappa shape index (κ1) is 13.7. The molecule has 0 atom stereocenters. The molecule has 4 heteroatoms. The molecule has 0 saturated heterocycles. The van der Waals surface area contributed by atoms with Crippen molar-refractivity contribution in [3.05, 3.63) is 23.8 Å². The van der Waals surface area contributed by atoms with Crippen LogP contribution >= 0.6 is 0 Å². The van der Waals surface area contributed by atoms with Crippen LogP contribution in [0.25, 0.3) is 0 Å². The van der Waals surface area contributed by atoms with Gasteiger partial charge in [-0.3, -0.25) is 4.79 Å². The SMILES string of the molecule is CC1(C)CCC(NC(=O)c2c(O)cccc2O)CC1. The number of phenolic OH excluding ortho intramolecular Hbond substituents is 2. The number of rotatable bonds is 2. The standard InChI is InChI=1S/C15H21NO3/c1-15(2)8-6-10(7-9-15)16-14(19)13-11(17)4-3-5-12(13)18/h3-5,10,17-18H,6-9H2,1-2H3,(H,16,19). The molecule has 1 saturated carbocycles. The minimum atomic E-state index is -0.402. The highest BCUT2D eigenvalue weighted by Gasteiger charge is 2.28. The quantitative estimate of drug-likeness (QED) is 0.768. The number of carbonyl (C=O) groups excluding carboxylic acids is 1. The maximum Gasteiger partial charge on any atom is 0.259 e. The summed E-state index contributed by atoms with van der Waals surface area (Å²) in [4.78, 5) is 12.1. The monoisotopic (exact) mass is 263 g/mol. The van der Waals surface area contributed by atoms with E-state index >= 15 is 0 Å². The molecule has 2 rings (SSSR count). The summed E-state index contributed by atoms with van der Waals surface area (Å²) in [6, 6.07) is 4.43. The summed E-state index contributed by atoms with van der Waals surface area (Å²) in [5.41, 5.74) is 0.311. The summed E-state index contributed by atoms with van der Waals surface area (Å²) < 4.78 is 0. The smallest absolute Gasteiger partial charge is 0.259 e. The van der Waals surface area contributed by atoms with Crippen LogP contribution in [-0.4, -0.2) is 22.2 Å². The predicted octanol–water partition coefficient (Wildman–Crippen LogP) is 2.80. The molecule has 0 aromatic heterocycles. The van der Waals surface area contributed by atoms with Crippen LogP contribution in [0.3, 0.4) is 0 Å². The van der Waals surface area contributed by atoms with Gasteiger partial charge in [-0.1, -0.05) is 19.9 Å². The van der Waals surface area contributed by atoms with Crippen molar-refractivity contribution in [1.29, 1.82) is 0 Å². The van der Waals surface area contributed by atoms with E-state index in [1.165, 1.54) is 18.2 Å². The predicted molar refractivity (Wildman–Crippen MR) is 73.3 cm³/mol. The fourth-order valence-corrected chi connectivity index (χ4v) is 2.56. The Balaban J connectivity index is 2.02. The molecule has 1 aromatic rings. The van der Waals surface area contributed by atoms with Crippen molar-refractivity contribution in [3.8, 4) is 11.5 Å². The Labute approximate surface area is 113 Å². The minimum absolute atomic E-state index is 0.0349. The number of nitrogens with one attached hydrogen (secondary N) is 1. The van der Waals surface area contributed by atoms with Crippen LogP contribution in [-0.2, 0) is 0 Å². The Morgan fingerprint density at radius 2 is 1.74 bits per heavy atom. The Kier molecular flexibility index (Phi) is 3.69. The minimum Gasteiger partial charge on any atom is -0.507 e. The third kappa shape index (κ3) is 3.19. The molecule has 0 radical (unpaired) electrons. The summed E-state index contributed by atoms with van der Waals surface area (Å²) in [5.74, 6) is -0.775. The van der Waals surface area contributed by atoms with Crippen LogP contribution in [0.2, 0.25) is 0 Å². The number of hydrogen-bond donors (Lipinski definition) is 3. The van der Waals surface area contributed by atoms with Gasteiger partial charge in [-0.15, -0.1) is 0 Å². The van der Waals surface area contributed by atoms with Gasteiger partial charge < -0.3 is 15.5 Å². The molecular formula is C15H21NO3. The van der Waals surface area contributed by atoms with Crippen molar-refractivity contribution in [2.75, 3.05) is 0 Å². The van der Waals surface area contributed by atoms with E-state index in [0.717, 1.165) is 25.7 Å². The molecule has 3 N–H and O–H groups in total. The van der Waals surface area contributed by atoms with Gasteiger partial charge in [-0.2, -0.15) is 0 Å². The van der Waals surface area contributed by atoms with E-state index in [1.807, 2.05) is 0 Å². The fraction of sp³-hybridized carbons (Fsp3) is 0.533. The molecule has 4 nitrogen and oxygen atoms in total. The van der Waals surface area contributed by atoms with E-state index in [0.29, 0.717) is 5.41 Å². The molecular weight excluding hydrogens is 242 g/mol. The van der Waals surface area contributed by atoms with Crippen LogP contribution in [0, 0.1) is 5.41 Å². The van der Waals surface area contributed by atoms with Gasteiger partial charge in [-0.05, 0) is 43.2 Å². The third-order valence-corrected chi connectivity index (χ3v) is 3.92. The van der Waals surface area contributed by atoms with Crippen molar-refractivity contribution in [2.45, 2.75) is 45.6 Å². The second-order valence-corrected chi connectivity index (χ2v) is 6.08. The molecule has 0 heterocycles. The zero-order valence-electron chi connectivity index (χ0n) is 11.4. The van der Waals surface area contributed by atoms with Gasteiger partial charge >= 0.3 is 0 Å². The summed E-state index contributed by atoms with van der Waals surface area (Å²) in [6.45, 7) is 4.47. The number of benzene rings is 1. The van der Waals surface area contributed by atoms with E-state index in [1.54, 1.807) is 0 Å². The molecule has 1 aromatic carbocycles. The van der Waals surface area contributed by atoms with Gasteiger partial charge in [0.15, 0.2) is 0 Å². The van der Waals surface area contributed by atoms with E-state index in [-0.39, 0.29) is 23.1 Å². The number of amides is 1. The van der Waals surface area contributed by atoms with Crippen molar-refractivity contribution >= 4 is 5.91 Å². The molecule has 0 aliphatic heterocycles.